The molecule has 104 valence electrons. The van der Waals surface area contributed by atoms with E-state index in [0.29, 0.717) is 17.7 Å². The molecular formula is C13H12N2O5. The van der Waals surface area contributed by atoms with E-state index in [1.165, 1.54) is 0 Å². The Morgan fingerprint density at radius 3 is 2.15 bits per heavy atom. The number of hydrogen-bond acceptors (Lipinski definition) is 3. The Hall–Kier alpha value is -3.09. The van der Waals surface area contributed by atoms with Crippen LogP contribution in [-0.4, -0.2) is 33.0 Å². The Bertz CT molecular complexity index is 656. The Morgan fingerprint density at radius 2 is 1.65 bits per heavy atom. The maximum Gasteiger partial charge on any atom is 0.328 e. The Balaban J connectivity index is 0.000000221. The molecule has 2 aromatic rings. The molecular weight excluding hydrogens is 264 g/mol. The standard InChI is InChI=1S/C9H8N2O.C4H4O4/c10-9(12)7-2-1-6-3-4-11-8(6)5-7;5-3(6)1-2-4(7)8/h1-5,11H,(H2,10,12);1-2H,(H,5,6)(H,7,8). The number of primary amides is 1. The number of aromatic amines is 1. The van der Waals surface area contributed by atoms with Gasteiger partial charge in [-0.05, 0) is 23.6 Å². The largest absolute Gasteiger partial charge is 0.478 e. The number of carboxylic acids is 2. The molecule has 1 heterocycles. The predicted octanol–water partition coefficient (Wildman–Crippen LogP) is 0.979. The second-order valence-electron chi connectivity index (χ2n) is 3.65. The highest BCUT2D eigenvalue weighted by Crippen LogP contribution is 2.13. The quantitative estimate of drug-likeness (QED) is 0.620. The number of carbonyl (C=O) groups excluding carboxylic acids is 1. The van der Waals surface area contributed by atoms with Gasteiger partial charge >= 0.3 is 11.9 Å². The molecule has 2 rings (SSSR count). The van der Waals surface area contributed by atoms with Gasteiger partial charge < -0.3 is 20.9 Å². The van der Waals surface area contributed by atoms with E-state index in [1.807, 2.05) is 18.3 Å². The number of aliphatic carboxylic acids is 2. The highest BCUT2D eigenvalue weighted by Gasteiger charge is 2.00. The lowest BCUT2D eigenvalue weighted by Crippen LogP contribution is -2.10. The zero-order chi connectivity index (χ0) is 15.1. The average molecular weight is 276 g/mol. The van der Waals surface area contributed by atoms with E-state index in [4.69, 9.17) is 15.9 Å². The van der Waals surface area contributed by atoms with Gasteiger partial charge in [0.2, 0.25) is 5.91 Å². The third kappa shape index (κ3) is 4.65. The second kappa shape index (κ2) is 6.74. The van der Waals surface area contributed by atoms with Gasteiger partial charge in [-0.15, -0.1) is 0 Å². The highest BCUT2D eigenvalue weighted by molar-refractivity contribution is 5.96. The van der Waals surface area contributed by atoms with Crippen LogP contribution in [-0.2, 0) is 9.59 Å². The molecule has 0 aliphatic heterocycles. The van der Waals surface area contributed by atoms with E-state index >= 15 is 0 Å². The minimum atomic E-state index is -1.26. The van der Waals surface area contributed by atoms with Crippen LogP contribution in [0.4, 0.5) is 0 Å². The summed E-state index contributed by atoms with van der Waals surface area (Å²) in [6.45, 7) is 0. The van der Waals surface area contributed by atoms with Gasteiger partial charge in [0, 0.05) is 29.4 Å². The maximum absolute atomic E-state index is 10.8. The van der Waals surface area contributed by atoms with Crippen molar-refractivity contribution in [2.24, 2.45) is 5.73 Å². The Morgan fingerprint density at radius 1 is 1.05 bits per heavy atom. The average Bonchev–Trinajstić information content (AvgIpc) is 2.84. The highest BCUT2D eigenvalue weighted by atomic mass is 16.4. The van der Waals surface area contributed by atoms with Crippen LogP contribution >= 0.6 is 0 Å². The van der Waals surface area contributed by atoms with Gasteiger partial charge in [-0.25, -0.2) is 9.59 Å². The summed E-state index contributed by atoms with van der Waals surface area (Å²) in [5.41, 5.74) is 6.59. The van der Waals surface area contributed by atoms with Crippen LogP contribution in [0.25, 0.3) is 10.9 Å². The van der Waals surface area contributed by atoms with Crippen molar-refractivity contribution in [3.05, 3.63) is 48.2 Å². The van der Waals surface area contributed by atoms with E-state index in [9.17, 15) is 14.4 Å². The van der Waals surface area contributed by atoms with Crippen molar-refractivity contribution in [3.8, 4) is 0 Å². The van der Waals surface area contributed by atoms with Crippen molar-refractivity contribution < 1.29 is 24.6 Å². The minimum Gasteiger partial charge on any atom is -0.478 e. The summed E-state index contributed by atoms with van der Waals surface area (Å²) in [6, 6.07) is 7.28. The summed E-state index contributed by atoms with van der Waals surface area (Å²) >= 11 is 0. The van der Waals surface area contributed by atoms with Crippen LogP contribution < -0.4 is 5.73 Å². The zero-order valence-corrected chi connectivity index (χ0v) is 10.2. The van der Waals surface area contributed by atoms with Gasteiger partial charge in [0.25, 0.3) is 0 Å². The number of benzene rings is 1. The first kappa shape index (κ1) is 15.0. The topological polar surface area (TPSA) is 133 Å². The van der Waals surface area contributed by atoms with Gasteiger partial charge in [0.15, 0.2) is 0 Å². The van der Waals surface area contributed by atoms with Crippen molar-refractivity contribution in [2.75, 3.05) is 0 Å². The third-order valence-corrected chi connectivity index (χ3v) is 2.21. The predicted molar refractivity (Wildman–Crippen MR) is 71.2 cm³/mol. The van der Waals surface area contributed by atoms with E-state index in [2.05, 4.69) is 4.98 Å². The summed E-state index contributed by atoms with van der Waals surface area (Å²) in [5, 5.41) is 16.7. The number of fused-ring (bicyclic) bond motifs is 1. The van der Waals surface area contributed by atoms with Gasteiger partial charge in [0.1, 0.15) is 0 Å². The molecule has 0 saturated carbocycles. The number of aromatic nitrogens is 1. The van der Waals surface area contributed by atoms with E-state index < -0.39 is 17.8 Å². The molecule has 7 nitrogen and oxygen atoms in total. The Kier molecular flexibility index (Phi) is 5.04. The molecule has 0 spiro atoms. The number of nitrogens with one attached hydrogen (secondary N) is 1. The number of carboxylic acid groups (broad SMARTS) is 2. The molecule has 1 aromatic carbocycles. The fraction of sp³-hybridized carbons (Fsp3) is 0. The first-order chi connectivity index (χ1) is 9.40. The number of carbonyl (C=O) groups is 3. The van der Waals surface area contributed by atoms with Crippen LogP contribution in [0, 0.1) is 0 Å². The van der Waals surface area contributed by atoms with Crippen LogP contribution in [0.15, 0.2) is 42.6 Å². The van der Waals surface area contributed by atoms with Crippen LogP contribution in [0.1, 0.15) is 10.4 Å². The smallest absolute Gasteiger partial charge is 0.328 e. The summed E-state index contributed by atoms with van der Waals surface area (Å²) in [6.07, 6.45) is 2.94. The van der Waals surface area contributed by atoms with E-state index in [-0.39, 0.29) is 0 Å². The third-order valence-electron chi connectivity index (χ3n) is 2.21. The number of nitrogens with two attached hydrogens (primary N) is 1. The van der Waals surface area contributed by atoms with E-state index in [1.54, 1.807) is 12.1 Å². The first-order valence-corrected chi connectivity index (χ1v) is 5.41. The monoisotopic (exact) mass is 276 g/mol. The molecule has 1 aromatic heterocycles. The van der Waals surface area contributed by atoms with Crippen molar-refractivity contribution in [1.29, 1.82) is 0 Å². The lowest BCUT2D eigenvalue weighted by Gasteiger charge is -1.94. The number of rotatable bonds is 3. The molecule has 0 atom stereocenters. The second-order valence-corrected chi connectivity index (χ2v) is 3.65. The molecule has 0 unspecified atom stereocenters. The van der Waals surface area contributed by atoms with Crippen LogP contribution in [0.2, 0.25) is 0 Å². The summed E-state index contributed by atoms with van der Waals surface area (Å²) in [4.78, 5) is 32.9. The number of hydrogen-bond donors (Lipinski definition) is 4. The van der Waals surface area contributed by atoms with E-state index in [0.717, 1.165) is 10.9 Å². The number of amides is 1. The lowest BCUT2D eigenvalue weighted by molar-refractivity contribution is -0.134. The lowest BCUT2D eigenvalue weighted by atomic mass is 10.1. The SMILES string of the molecule is NC(=O)c1ccc2cc[nH]c2c1.O=C(O)C=CC(=O)O. The molecule has 5 N–H and O–H groups in total. The first-order valence-electron chi connectivity index (χ1n) is 5.41. The van der Waals surface area contributed by atoms with Crippen molar-refractivity contribution in [2.45, 2.75) is 0 Å². The summed E-state index contributed by atoms with van der Waals surface area (Å²) in [7, 11) is 0. The van der Waals surface area contributed by atoms with Crippen molar-refractivity contribution in [1.82, 2.24) is 4.98 Å². The fourth-order valence-electron chi connectivity index (χ4n) is 1.34. The molecule has 0 fully saturated rings. The van der Waals surface area contributed by atoms with Gasteiger partial charge in [-0.3, -0.25) is 4.79 Å². The van der Waals surface area contributed by atoms with Crippen LogP contribution in [0.3, 0.4) is 0 Å². The molecule has 1 amide bonds. The molecule has 0 aliphatic rings. The molecule has 0 radical (unpaired) electrons. The minimum absolute atomic E-state index is 0.397. The molecule has 0 aliphatic carbocycles. The molecule has 7 heteroatoms. The number of H-pyrrole nitrogens is 1. The van der Waals surface area contributed by atoms with Gasteiger partial charge in [-0.2, -0.15) is 0 Å². The maximum atomic E-state index is 10.8. The van der Waals surface area contributed by atoms with Crippen molar-refractivity contribution in [3.63, 3.8) is 0 Å². The van der Waals surface area contributed by atoms with Crippen LogP contribution in [0.5, 0.6) is 0 Å². The fourth-order valence-corrected chi connectivity index (χ4v) is 1.34. The summed E-state index contributed by atoms with van der Waals surface area (Å²) in [5.74, 6) is -2.91. The molecule has 0 saturated heterocycles. The molecule has 0 bridgehead atoms. The normalized spacial score (nSPS) is 10.0. The van der Waals surface area contributed by atoms with Crippen molar-refractivity contribution >= 4 is 28.7 Å². The summed E-state index contributed by atoms with van der Waals surface area (Å²) < 4.78 is 0. The molecule has 20 heavy (non-hydrogen) atoms. The Labute approximate surface area is 113 Å². The van der Waals surface area contributed by atoms with Gasteiger partial charge in [0.05, 0.1) is 0 Å². The van der Waals surface area contributed by atoms with Gasteiger partial charge in [-0.1, -0.05) is 6.07 Å². The zero-order valence-electron chi connectivity index (χ0n) is 10.2.